The molecular formula is C21H28N2O. The number of nitrogens with zero attached hydrogens (tertiary/aromatic N) is 2. The van der Waals surface area contributed by atoms with E-state index in [4.69, 9.17) is 0 Å². The standard InChI is InChI=1S/C21H28N2O/c1-2-21(24)23-19-10-11-20(23)15-22(14-19)13-16-6-5-9-17-7-3-4-8-18(17)12-16/h3-4,7-8,12,19-20H,2,5-6,9-11,13-15H2,1H3. The number of benzene rings is 1. The van der Waals surface area contributed by atoms with Crippen LogP contribution in [0.25, 0.3) is 6.08 Å². The highest BCUT2D eigenvalue weighted by molar-refractivity contribution is 5.77. The van der Waals surface area contributed by atoms with Gasteiger partial charge in [-0.3, -0.25) is 9.69 Å². The minimum atomic E-state index is 0.352. The summed E-state index contributed by atoms with van der Waals surface area (Å²) in [6.07, 6.45) is 9.11. The van der Waals surface area contributed by atoms with E-state index >= 15 is 0 Å². The van der Waals surface area contributed by atoms with Gasteiger partial charge in [-0.1, -0.05) is 42.8 Å². The molecule has 0 N–H and O–H groups in total. The van der Waals surface area contributed by atoms with Crippen molar-refractivity contribution in [1.29, 1.82) is 0 Å². The first-order valence-electron chi connectivity index (χ1n) is 9.55. The number of carbonyl (C=O) groups is 1. The second-order valence-corrected chi connectivity index (χ2v) is 7.59. The van der Waals surface area contributed by atoms with Crippen LogP contribution >= 0.6 is 0 Å². The maximum absolute atomic E-state index is 12.2. The van der Waals surface area contributed by atoms with E-state index < -0.39 is 0 Å². The number of fused-ring (bicyclic) bond motifs is 3. The van der Waals surface area contributed by atoms with Gasteiger partial charge in [-0.15, -0.1) is 0 Å². The van der Waals surface area contributed by atoms with Gasteiger partial charge in [0, 0.05) is 38.1 Å². The molecule has 2 atom stereocenters. The number of carbonyl (C=O) groups excluding carboxylic acids is 1. The predicted octanol–water partition coefficient (Wildman–Crippen LogP) is 3.49. The first-order chi connectivity index (χ1) is 11.7. The number of amides is 1. The summed E-state index contributed by atoms with van der Waals surface area (Å²) in [4.78, 5) is 17.0. The molecule has 3 nitrogen and oxygen atoms in total. The molecule has 2 aliphatic heterocycles. The summed E-state index contributed by atoms with van der Waals surface area (Å²) in [5.74, 6) is 0.352. The summed E-state index contributed by atoms with van der Waals surface area (Å²) in [5.41, 5.74) is 4.47. The molecule has 2 saturated heterocycles. The van der Waals surface area contributed by atoms with E-state index in [1.165, 1.54) is 43.2 Å². The van der Waals surface area contributed by atoms with E-state index in [9.17, 15) is 4.79 Å². The monoisotopic (exact) mass is 324 g/mol. The summed E-state index contributed by atoms with van der Waals surface area (Å²) >= 11 is 0. The Kier molecular flexibility index (Phi) is 4.45. The van der Waals surface area contributed by atoms with E-state index in [2.05, 4.69) is 40.1 Å². The Labute approximate surface area is 145 Å². The summed E-state index contributed by atoms with van der Waals surface area (Å²) in [6.45, 7) is 5.18. The molecule has 2 unspecified atom stereocenters. The lowest BCUT2D eigenvalue weighted by atomic mass is 10.0. The third kappa shape index (κ3) is 3.02. The zero-order valence-corrected chi connectivity index (χ0v) is 14.7. The number of aryl methyl sites for hydroxylation is 1. The Morgan fingerprint density at radius 2 is 1.88 bits per heavy atom. The zero-order valence-electron chi connectivity index (χ0n) is 14.7. The van der Waals surface area contributed by atoms with Gasteiger partial charge in [0.15, 0.2) is 0 Å². The maximum Gasteiger partial charge on any atom is 0.222 e. The van der Waals surface area contributed by atoms with Crippen molar-refractivity contribution in [2.24, 2.45) is 0 Å². The summed E-state index contributed by atoms with van der Waals surface area (Å²) in [6, 6.07) is 9.73. The van der Waals surface area contributed by atoms with Gasteiger partial charge in [0.2, 0.25) is 5.91 Å². The second-order valence-electron chi connectivity index (χ2n) is 7.59. The smallest absolute Gasteiger partial charge is 0.222 e. The number of rotatable bonds is 3. The Morgan fingerprint density at radius 1 is 1.12 bits per heavy atom. The highest BCUT2D eigenvalue weighted by Crippen LogP contribution is 2.32. The van der Waals surface area contributed by atoms with Gasteiger partial charge in [-0.05, 0) is 43.2 Å². The van der Waals surface area contributed by atoms with Crippen LogP contribution < -0.4 is 0 Å². The fraction of sp³-hybridized carbons (Fsp3) is 0.571. The van der Waals surface area contributed by atoms with Crippen LogP contribution in [-0.2, 0) is 11.2 Å². The second kappa shape index (κ2) is 6.72. The van der Waals surface area contributed by atoms with Crippen molar-refractivity contribution in [2.75, 3.05) is 19.6 Å². The minimum Gasteiger partial charge on any atom is -0.334 e. The van der Waals surface area contributed by atoms with Crippen LogP contribution in [0.1, 0.15) is 50.2 Å². The lowest BCUT2D eigenvalue weighted by molar-refractivity contribution is -0.136. The molecule has 1 aliphatic carbocycles. The molecule has 0 aromatic heterocycles. The van der Waals surface area contributed by atoms with Crippen LogP contribution in [0.15, 0.2) is 29.8 Å². The first-order valence-corrected chi connectivity index (χ1v) is 9.55. The maximum atomic E-state index is 12.2. The first kappa shape index (κ1) is 15.9. The van der Waals surface area contributed by atoms with Crippen molar-refractivity contribution in [2.45, 2.75) is 57.5 Å². The van der Waals surface area contributed by atoms with Crippen LogP contribution in [0.3, 0.4) is 0 Å². The zero-order chi connectivity index (χ0) is 16.5. The topological polar surface area (TPSA) is 23.6 Å². The Morgan fingerprint density at radius 3 is 2.62 bits per heavy atom. The average Bonchev–Trinajstić information content (AvgIpc) is 2.76. The number of hydrogen-bond donors (Lipinski definition) is 0. The molecule has 1 aromatic carbocycles. The van der Waals surface area contributed by atoms with E-state index in [0.29, 0.717) is 24.4 Å². The van der Waals surface area contributed by atoms with Gasteiger partial charge < -0.3 is 4.90 Å². The van der Waals surface area contributed by atoms with Gasteiger partial charge in [0.1, 0.15) is 0 Å². The average molecular weight is 324 g/mol. The molecule has 0 saturated carbocycles. The molecule has 0 radical (unpaired) electrons. The molecule has 1 aromatic rings. The Bertz CT molecular complexity index is 637. The van der Waals surface area contributed by atoms with Gasteiger partial charge >= 0.3 is 0 Å². The van der Waals surface area contributed by atoms with Crippen LogP contribution in [0.5, 0.6) is 0 Å². The van der Waals surface area contributed by atoms with E-state index in [-0.39, 0.29) is 0 Å². The van der Waals surface area contributed by atoms with Crippen molar-refractivity contribution in [3.05, 3.63) is 41.0 Å². The van der Waals surface area contributed by atoms with Crippen molar-refractivity contribution in [1.82, 2.24) is 9.80 Å². The molecule has 1 amide bonds. The highest BCUT2D eigenvalue weighted by Gasteiger charge is 2.41. The van der Waals surface area contributed by atoms with Crippen molar-refractivity contribution < 1.29 is 4.79 Å². The molecule has 128 valence electrons. The molecule has 24 heavy (non-hydrogen) atoms. The van der Waals surface area contributed by atoms with Gasteiger partial charge in [-0.2, -0.15) is 0 Å². The third-order valence-corrected chi connectivity index (χ3v) is 5.93. The molecule has 2 heterocycles. The molecule has 3 heteroatoms. The lowest BCUT2D eigenvalue weighted by Crippen LogP contribution is -2.55. The lowest BCUT2D eigenvalue weighted by Gasteiger charge is -2.41. The normalized spacial score (nSPS) is 26.7. The van der Waals surface area contributed by atoms with Gasteiger partial charge in [-0.25, -0.2) is 0 Å². The SMILES string of the molecule is CCC(=O)N1C2CCC1CN(CC1=Cc3ccccc3CCC1)C2. The molecule has 0 spiro atoms. The Balaban J connectivity index is 1.46. The van der Waals surface area contributed by atoms with E-state index in [1.54, 1.807) is 5.57 Å². The van der Waals surface area contributed by atoms with Crippen LogP contribution in [0.4, 0.5) is 0 Å². The molecule has 4 rings (SSSR count). The fourth-order valence-corrected chi connectivity index (χ4v) is 4.82. The van der Waals surface area contributed by atoms with Crippen molar-refractivity contribution in [3.8, 4) is 0 Å². The van der Waals surface area contributed by atoms with Gasteiger partial charge in [0.05, 0.1) is 0 Å². The fourth-order valence-electron chi connectivity index (χ4n) is 4.82. The summed E-state index contributed by atoms with van der Waals surface area (Å²) in [5, 5.41) is 0. The number of likely N-dealkylation sites (tertiary alicyclic amines) is 1. The summed E-state index contributed by atoms with van der Waals surface area (Å²) in [7, 11) is 0. The predicted molar refractivity (Wildman–Crippen MR) is 97.7 cm³/mol. The molecule has 2 bridgehead atoms. The minimum absolute atomic E-state index is 0.352. The molecule has 2 fully saturated rings. The van der Waals surface area contributed by atoms with Gasteiger partial charge in [0.25, 0.3) is 0 Å². The quantitative estimate of drug-likeness (QED) is 0.850. The van der Waals surface area contributed by atoms with Crippen LogP contribution in [0.2, 0.25) is 0 Å². The van der Waals surface area contributed by atoms with E-state index in [0.717, 1.165) is 19.6 Å². The van der Waals surface area contributed by atoms with Crippen molar-refractivity contribution in [3.63, 3.8) is 0 Å². The van der Waals surface area contributed by atoms with Crippen LogP contribution in [-0.4, -0.2) is 47.4 Å². The highest BCUT2D eigenvalue weighted by atomic mass is 16.2. The van der Waals surface area contributed by atoms with Crippen LogP contribution in [0, 0.1) is 0 Å². The largest absolute Gasteiger partial charge is 0.334 e. The summed E-state index contributed by atoms with van der Waals surface area (Å²) < 4.78 is 0. The Hall–Kier alpha value is -1.61. The number of piperazine rings is 1. The third-order valence-electron chi connectivity index (χ3n) is 5.93. The van der Waals surface area contributed by atoms with E-state index in [1.807, 2.05) is 6.92 Å². The molecular weight excluding hydrogens is 296 g/mol. The number of hydrogen-bond acceptors (Lipinski definition) is 2. The molecule has 3 aliphatic rings. The van der Waals surface area contributed by atoms with Crippen molar-refractivity contribution >= 4 is 12.0 Å².